The van der Waals surface area contributed by atoms with Crippen LogP contribution in [0.4, 0.5) is 4.79 Å². The number of carbonyl (C=O) groups excluding carboxylic acids is 4. The van der Waals surface area contributed by atoms with E-state index in [-0.39, 0.29) is 49.2 Å². The van der Waals surface area contributed by atoms with Gasteiger partial charge in [-0.15, -0.1) is 0 Å². The molecule has 0 aliphatic carbocycles. The minimum atomic E-state index is -0.637. The van der Waals surface area contributed by atoms with Gasteiger partial charge in [-0.05, 0) is 31.4 Å². The Morgan fingerprint density at radius 3 is 2.56 bits per heavy atom. The van der Waals surface area contributed by atoms with Gasteiger partial charge in [-0.25, -0.2) is 4.79 Å². The maximum Gasteiger partial charge on any atom is 0.322 e. The summed E-state index contributed by atoms with van der Waals surface area (Å²) in [5.74, 6) is -0.623. The Balaban J connectivity index is 1.39. The number of benzene rings is 1. The molecule has 1 fully saturated rings. The summed E-state index contributed by atoms with van der Waals surface area (Å²) in [6.07, 6.45) is 1.35. The molecule has 3 aliphatic heterocycles. The molecule has 34 heavy (non-hydrogen) atoms. The van der Waals surface area contributed by atoms with Crippen LogP contribution < -0.4 is 5.32 Å². The fraction of sp³-hybridized carbons (Fsp3) is 0.500. The average molecular weight is 489 g/mol. The van der Waals surface area contributed by atoms with Gasteiger partial charge in [0.05, 0.1) is 36.4 Å². The Bertz CT molecular complexity index is 1030. The lowest BCUT2D eigenvalue weighted by Crippen LogP contribution is -2.45. The zero-order valence-electron chi connectivity index (χ0n) is 19.4. The second-order valence-electron chi connectivity index (χ2n) is 8.71. The Morgan fingerprint density at radius 2 is 1.88 bits per heavy atom. The minimum absolute atomic E-state index is 0.0507. The van der Waals surface area contributed by atoms with Gasteiger partial charge in [-0.2, -0.15) is 0 Å². The highest BCUT2D eigenvalue weighted by atomic mass is 35.5. The molecule has 9 nitrogen and oxygen atoms in total. The molecule has 0 spiro atoms. The van der Waals surface area contributed by atoms with Crippen molar-refractivity contribution in [2.75, 3.05) is 39.8 Å². The molecule has 10 heteroatoms. The number of carbonyl (C=O) groups is 4. The highest BCUT2D eigenvalue weighted by Gasteiger charge is 2.43. The van der Waals surface area contributed by atoms with E-state index in [1.54, 1.807) is 42.0 Å². The van der Waals surface area contributed by atoms with E-state index in [9.17, 15) is 19.2 Å². The van der Waals surface area contributed by atoms with E-state index >= 15 is 0 Å². The number of ether oxygens (including phenoxy) is 1. The van der Waals surface area contributed by atoms with Crippen LogP contribution in [0.1, 0.15) is 37.8 Å². The minimum Gasteiger partial charge on any atom is -0.466 e. The fourth-order valence-corrected chi connectivity index (χ4v) is 5.00. The van der Waals surface area contributed by atoms with Gasteiger partial charge in [-0.1, -0.05) is 29.8 Å². The Labute approximate surface area is 203 Å². The van der Waals surface area contributed by atoms with Gasteiger partial charge in [-0.3, -0.25) is 19.3 Å². The van der Waals surface area contributed by atoms with Crippen molar-refractivity contribution in [3.05, 3.63) is 46.1 Å². The number of likely N-dealkylation sites (N-methyl/N-ethyl adjacent to an activating group) is 1. The number of hydrogen-bond acceptors (Lipinski definition) is 5. The fourth-order valence-electron chi connectivity index (χ4n) is 4.76. The van der Waals surface area contributed by atoms with Crippen molar-refractivity contribution in [3.63, 3.8) is 0 Å². The van der Waals surface area contributed by atoms with Crippen molar-refractivity contribution in [1.82, 2.24) is 20.0 Å². The summed E-state index contributed by atoms with van der Waals surface area (Å²) in [5.41, 5.74) is 1.77. The predicted molar refractivity (Wildman–Crippen MR) is 125 cm³/mol. The highest BCUT2D eigenvalue weighted by Crippen LogP contribution is 2.38. The number of hydrogen-bond donors (Lipinski definition) is 1. The summed E-state index contributed by atoms with van der Waals surface area (Å²) in [4.78, 5) is 55.4. The van der Waals surface area contributed by atoms with Crippen molar-refractivity contribution < 1.29 is 23.9 Å². The summed E-state index contributed by atoms with van der Waals surface area (Å²) >= 11 is 6.36. The molecule has 1 aromatic rings. The van der Waals surface area contributed by atoms with E-state index in [1.165, 1.54) is 4.90 Å². The maximum atomic E-state index is 13.3. The third-order valence-electron chi connectivity index (χ3n) is 6.71. The van der Waals surface area contributed by atoms with E-state index in [0.29, 0.717) is 54.4 Å². The SMILES string of the molecule is CCOC(=O)C1CCN(C(=O)CCN2CC3=C(C2=O)[C@@H](c2ccccc2Cl)NC(=O)N3C)CC1. The third-order valence-corrected chi connectivity index (χ3v) is 7.06. The smallest absolute Gasteiger partial charge is 0.322 e. The molecule has 4 amide bonds. The van der Waals surface area contributed by atoms with E-state index in [0.717, 1.165) is 0 Å². The molecule has 0 aromatic heterocycles. The lowest BCUT2D eigenvalue weighted by atomic mass is 9.95. The van der Waals surface area contributed by atoms with Gasteiger partial charge in [0.15, 0.2) is 0 Å². The van der Waals surface area contributed by atoms with Gasteiger partial charge in [0.1, 0.15) is 0 Å². The number of nitrogens with one attached hydrogen (secondary N) is 1. The first-order chi connectivity index (χ1) is 16.3. The number of rotatable bonds is 6. The van der Waals surface area contributed by atoms with Crippen LogP contribution in [0, 0.1) is 5.92 Å². The van der Waals surface area contributed by atoms with Crippen LogP contribution in [0.3, 0.4) is 0 Å². The third kappa shape index (κ3) is 4.61. The second kappa shape index (κ2) is 10.0. The molecule has 0 unspecified atom stereocenters. The summed E-state index contributed by atoms with van der Waals surface area (Å²) in [7, 11) is 1.63. The van der Waals surface area contributed by atoms with Crippen LogP contribution in [0.5, 0.6) is 0 Å². The predicted octanol–water partition coefficient (Wildman–Crippen LogP) is 2.32. The molecule has 4 rings (SSSR count). The van der Waals surface area contributed by atoms with Crippen LogP contribution in [-0.2, 0) is 19.1 Å². The molecular weight excluding hydrogens is 460 g/mol. The molecule has 182 valence electrons. The average Bonchev–Trinajstić information content (AvgIpc) is 3.17. The first-order valence-corrected chi connectivity index (χ1v) is 11.9. The monoisotopic (exact) mass is 488 g/mol. The zero-order chi connectivity index (χ0) is 24.4. The summed E-state index contributed by atoms with van der Waals surface area (Å²) in [6, 6.07) is 6.18. The molecular formula is C24H29ClN4O5. The Morgan fingerprint density at radius 1 is 1.18 bits per heavy atom. The molecule has 1 saturated heterocycles. The molecule has 0 radical (unpaired) electrons. The van der Waals surface area contributed by atoms with Crippen molar-refractivity contribution >= 4 is 35.4 Å². The highest BCUT2D eigenvalue weighted by molar-refractivity contribution is 6.31. The topological polar surface area (TPSA) is 99.3 Å². The molecule has 1 atom stereocenters. The number of esters is 1. The summed E-state index contributed by atoms with van der Waals surface area (Å²) in [6.45, 7) is 3.65. The number of halogens is 1. The Hall–Kier alpha value is -3.07. The van der Waals surface area contributed by atoms with Gasteiger partial charge in [0.25, 0.3) is 5.91 Å². The first-order valence-electron chi connectivity index (χ1n) is 11.6. The van der Waals surface area contributed by atoms with Gasteiger partial charge >= 0.3 is 12.0 Å². The van der Waals surface area contributed by atoms with Crippen LogP contribution in [-0.4, -0.2) is 78.3 Å². The van der Waals surface area contributed by atoms with E-state index in [4.69, 9.17) is 16.3 Å². The Kier molecular flexibility index (Phi) is 7.11. The van der Waals surface area contributed by atoms with Crippen molar-refractivity contribution in [2.24, 2.45) is 5.92 Å². The van der Waals surface area contributed by atoms with E-state index in [1.807, 2.05) is 6.07 Å². The molecule has 3 heterocycles. The number of nitrogens with zero attached hydrogens (tertiary/aromatic N) is 3. The molecule has 1 N–H and O–H groups in total. The van der Waals surface area contributed by atoms with Crippen molar-refractivity contribution in [2.45, 2.75) is 32.2 Å². The van der Waals surface area contributed by atoms with Crippen LogP contribution >= 0.6 is 11.6 Å². The van der Waals surface area contributed by atoms with Gasteiger partial charge in [0.2, 0.25) is 5.91 Å². The van der Waals surface area contributed by atoms with E-state index in [2.05, 4.69) is 5.32 Å². The van der Waals surface area contributed by atoms with Crippen LogP contribution in [0.2, 0.25) is 5.02 Å². The number of piperidine rings is 1. The van der Waals surface area contributed by atoms with E-state index < -0.39 is 6.04 Å². The summed E-state index contributed by atoms with van der Waals surface area (Å²) in [5, 5.41) is 3.34. The number of urea groups is 1. The standard InChI is InChI=1S/C24H29ClN4O5/c1-3-34-23(32)15-8-11-28(12-9-15)19(30)10-13-29-14-18-20(22(29)31)21(26-24(33)27(18)2)16-6-4-5-7-17(16)25/h4-7,15,21H,3,8-14H2,1-2H3,(H,26,33)/t21-/m1/s1. The van der Waals surface area contributed by atoms with Gasteiger partial charge in [0, 0.05) is 38.1 Å². The summed E-state index contributed by atoms with van der Waals surface area (Å²) < 4.78 is 5.08. The normalized spacial score (nSPS) is 21.0. The lowest BCUT2D eigenvalue weighted by Gasteiger charge is -2.31. The van der Waals surface area contributed by atoms with Crippen LogP contribution in [0.25, 0.3) is 0 Å². The lowest BCUT2D eigenvalue weighted by molar-refractivity contribution is -0.151. The molecule has 0 saturated carbocycles. The molecule has 1 aromatic carbocycles. The molecule has 0 bridgehead atoms. The zero-order valence-corrected chi connectivity index (χ0v) is 20.1. The van der Waals surface area contributed by atoms with Gasteiger partial charge < -0.3 is 19.9 Å². The van der Waals surface area contributed by atoms with Crippen LogP contribution in [0.15, 0.2) is 35.5 Å². The number of amides is 4. The largest absolute Gasteiger partial charge is 0.466 e. The quantitative estimate of drug-likeness (QED) is 0.619. The first kappa shape index (κ1) is 24.1. The molecule has 3 aliphatic rings. The van der Waals surface area contributed by atoms with Crippen molar-refractivity contribution in [1.29, 1.82) is 0 Å². The number of likely N-dealkylation sites (tertiary alicyclic amines) is 1. The second-order valence-corrected chi connectivity index (χ2v) is 9.11. The maximum absolute atomic E-state index is 13.3. The van der Waals surface area contributed by atoms with Crippen molar-refractivity contribution in [3.8, 4) is 0 Å².